The topological polar surface area (TPSA) is 29.3 Å². The monoisotopic (exact) mass is 242 g/mol. The standard InChI is InChI=1S/C7H7F2N.C6H13N/c8-6-2-1-5(4-10)7(9)3-6;1-6-3-4-7(2)5-6/h1-3H,4,10H2;6H,3-5H2,1-2H3. The van der Waals surface area contributed by atoms with Crippen molar-refractivity contribution >= 4 is 0 Å². The summed E-state index contributed by atoms with van der Waals surface area (Å²) in [6.07, 6.45) is 1.40. The van der Waals surface area contributed by atoms with Crippen LogP contribution in [-0.4, -0.2) is 25.0 Å². The predicted octanol–water partition coefficient (Wildman–Crippen LogP) is 2.38. The fourth-order valence-electron chi connectivity index (χ4n) is 1.84. The number of rotatable bonds is 1. The zero-order valence-electron chi connectivity index (χ0n) is 10.4. The fourth-order valence-corrected chi connectivity index (χ4v) is 1.84. The largest absolute Gasteiger partial charge is 0.326 e. The molecular formula is C13H20F2N2. The molecule has 1 saturated heterocycles. The first-order valence-electron chi connectivity index (χ1n) is 5.85. The lowest BCUT2D eigenvalue weighted by Gasteiger charge is -2.03. The van der Waals surface area contributed by atoms with Gasteiger partial charge >= 0.3 is 0 Å². The van der Waals surface area contributed by atoms with Gasteiger partial charge in [0, 0.05) is 24.7 Å². The second-order valence-corrected chi connectivity index (χ2v) is 4.60. The first-order chi connectivity index (χ1) is 8.02. The lowest BCUT2D eigenvalue weighted by atomic mass is 10.2. The summed E-state index contributed by atoms with van der Waals surface area (Å²) in [6.45, 7) is 5.02. The van der Waals surface area contributed by atoms with E-state index in [1.54, 1.807) is 0 Å². The Balaban J connectivity index is 0.000000181. The van der Waals surface area contributed by atoms with Gasteiger partial charge in [0.2, 0.25) is 0 Å². The van der Waals surface area contributed by atoms with Crippen molar-refractivity contribution in [1.82, 2.24) is 4.90 Å². The lowest BCUT2D eigenvalue weighted by Crippen LogP contribution is -2.12. The van der Waals surface area contributed by atoms with Gasteiger partial charge in [-0.05, 0) is 32.0 Å². The number of hydrogen-bond donors (Lipinski definition) is 1. The van der Waals surface area contributed by atoms with E-state index in [0.717, 1.165) is 12.0 Å². The zero-order valence-corrected chi connectivity index (χ0v) is 10.4. The summed E-state index contributed by atoms with van der Waals surface area (Å²) in [4.78, 5) is 2.38. The van der Waals surface area contributed by atoms with E-state index < -0.39 is 11.6 Å². The molecule has 17 heavy (non-hydrogen) atoms. The van der Waals surface area contributed by atoms with Crippen LogP contribution in [0.3, 0.4) is 0 Å². The Hall–Kier alpha value is -1.00. The highest BCUT2D eigenvalue weighted by Gasteiger charge is 2.13. The summed E-state index contributed by atoms with van der Waals surface area (Å²) in [5.74, 6) is -0.206. The number of halogens is 2. The third-order valence-electron chi connectivity index (χ3n) is 2.86. The Morgan fingerprint density at radius 2 is 2.12 bits per heavy atom. The third kappa shape index (κ3) is 4.79. The Bertz CT molecular complexity index is 347. The summed E-state index contributed by atoms with van der Waals surface area (Å²) in [5.41, 5.74) is 5.47. The second kappa shape index (κ2) is 6.67. The van der Waals surface area contributed by atoms with Crippen molar-refractivity contribution in [2.75, 3.05) is 20.1 Å². The highest BCUT2D eigenvalue weighted by Crippen LogP contribution is 2.11. The van der Waals surface area contributed by atoms with Gasteiger partial charge in [0.1, 0.15) is 11.6 Å². The zero-order chi connectivity index (χ0) is 12.8. The van der Waals surface area contributed by atoms with Gasteiger partial charge in [-0.25, -0.2) is 8.78 Å². The SMILES string of the molecule is CC1CCN(C)C1.NCc1ccc(F)cc1F. The first kappa shape index (κ1) is 14.1. The summed E-state index contributed by atoms with van der Waals surface area (Å²) < 4.78 is 24.7. The molecule has 1 heterocycles. The first-order valence-corrected chi connectivity index (χ1v) is 5.85. The van der Waals surface area contributed by atoms with Gasteiger partial charge in [-0.3, -0.25) is 0 Å². The van der Waals surface area contributed by atoms with Crippen LogP contribution in [0.4, 0.5) is 8.78 Å². The Morgan fingerprint density at radius 1 is 1.41 bits per heavy atom. The number of nitrogens with zero attached hydrogens (tertiary/aromatic N) is 1. The molecule has 2 nitrogen and oxygen atoms in total. The molecule has 1 aromatic carbocycles. The summed E-state index contributed by atoms with van der Waals surface area (Å²) >= 11 is 0. The van der Waals surface area contributed by atoms with Crippen LogP contribution in [0.1, 0.15) is 18.9 Å². The summed E-state index contributed by atoms with van der Waals surface area (Å²) in [7, 11) is 2.18. The van der Waals surface area contributed by atoms with Gasteiger partial charge in [-0.15, -0.1) is 0 Å². The van der Waals surface area contributed by atoms with Crippen LogP contribution in [0.15, 0.2) is 18.2 Å². The molecule has 0 amide bonds. The van der Waals surface area contributed by atoms with Crippen molar-refractivity contribution in [2.24, 2.45) is 11.7 Å². The molecule has 1 aliphatic rings. The van der Waals surface area contributed by atoms with Crippen molar-refractivity contribution in [2.45, 2.75) is 19.9 Å². The van der Waals surface area contributed by atoms with E-state index in [9.17, 15) is 8.78 Å². The molecule has 0 radical (unpaired) electrons. The van der Waals surface area contributed by atoms with Crippen molar-refractivity contribution in [3.05, 3.63) is 35.4 Å². The molecule has 0 bridgehead atoms. The molecular weight excluding hydrogens is 222 g/mol. The normalized spacial score (nSPS) is 19.9. The van der Waals surface area contributed by atoms with Crippen molar-refractivity contribution < 1.29 is 8.78 Å². The van der Waals surface area contributed by atoms with Gasteiger partial charge in [-0.2, -0.15) is 0 Å². The highest BCUT2D eigenvalue weighted by atomic mass is 19.1. The Kier molecular flexibility index (Phi) is 5.51. The summed E-state index contributed by atoms with van der Waals surface area (Å²) in [6, 6.07) is 3.35. The average Bonchev–Trinajstić information content (AvgIpc) is 2.63. The minimum absolute atomic E-state index is 0.103. The second-order valence-electron chi connectivity index (χ2n) is 4.60. The van der Waals surface area contributed by atoms with E-state index in [1.165, 1.54) is 31.6 Å². The molecule has 0 aromatic heterocycles. The van der Waals surface area contributed by atoms with Crippen LogP contribution in [0, 0.1) is 17.6 Å². The Labute approximate surface area is 101 Å². The molecule has 0 spiro atoms. The molecule has 1 aromatic rings. The molecule has 2 rings (SSSR count). The maximum Gasteiger partial charge on any atom is 0.130 e. The fraction of sp³-hybridized carbons (Fsp3) is 0.538. The van der Waals surface area contributed by atoms with Gasteiger partial charge in [-0.1, -0.05) is 13.0 Å². The molecule has 2 N–H and O–H groups in total. The van der Waals surface area contributed by atoms with E-state index in [0.29, 0.717) is 5.56 Å². The average molecular weight is 242 g/mol. The number of likely N-dealkylation sites (tertiary alicyclic amines) is 1. The van der Waals surface area contributed by atoms with Gasteiger partial charge in [0.25, 0.3) is 0 Å². The molecule has 1 atom stereocenters. The van der Waals surface area contributed by atoms with Crippen LogP contribution >= 0.6 is 0 Å². The van der Waals surface area contributed by atoms with Crippen LogP contribution in [0.25, 0.3) is 0 Å². The number of benzene rings is 1. The highest BCUT2D eigenvalue weighted by molar-refractivity contribution is 5.17. The van der Waals surface area contributed by atoms with E-state index in [-0.39, 0.29) is 6.54 Å². The third-order valence-corrected chi connectivity index (χ3v) is 2.86. The van der Waals surface area contributed by atoms with E-state index in [1.807, 2.05) is 0 Å². The van der Waals surface area contributed by atoms with Crippen LogP contribution in [0.2, 0.25) is 0 Å². The van der Waals surface area contributed by atoms with E-state index >= 15 is 0 Å². The maximum atomic E-state index is 12.5. The molecule has 1 aliphatic heterocycles. The van der Waals surface area contributed by atoms with Gasteiger partial charge in [0.15, 0.2) is 0 Å². The molecule has 0 saturated carbocycles. The van der Waals surface area contributed by atoms with Crippen LogP contribution < -0.4 is 5.73 Å². The Morgan fingerprint density at radius 3 is 2.47 bits per heavy atom. The minimum Gasteiger partial charge on any atom is -0.326 e. The molecule has 96 valence electrons. The van der Waals surface area contributed by atoms with Crippen molar-refractivity contribution in [1.29, 1.82) is 0 Å². The molecule has 4 heteroatoms. The van der Waals surface area contributed by atoms with E-state index in [2.05, 4.69) is 18.9 Å². The predicted molar refractivity (Wildman–Crippen MR) is 65.5 cm³/mol. The van der Waals surface area contributed by atoms with Crippen LogP contribution in [0.5, 0.6) is 0 Å². The van der Waals surface area contributed by atoms with Crippen LogP contribution in [-0.2, 0) is 6.54 Å². The molecule has 0 aliphatic carbocycles. The summed E-state index contributed by atoms with van der Waals surface area (Å²) in [5, 5.41) is 0. The number of hydrogen-bond acceptors (Lipinski definition) is 2. The van der Waals surface area contributed by atoms with Gasteiger partial charge in [0.05, 0.1) is 0 Å². The van der Waals surface area contributed by atoms with Crippen molar-refractivity contribution in [3.8, 4) is 0 Å². The molecule has 1 fully saturated rings. The molecule has 1 unspecified atom stereocenters. The minimum atomic E-state index is -0.581. The number of nitrogens with two attached hydrogens (primary N) is 1. The smallest absolute Gasteiger partial charge is 0.130 e. The quantitative estimate of drug-likeness (QED) is 0.819. The van der Waals surface area contributed by atoms with Crippen molar-refractivity contribution in [3.63, 3.8) is 0 Å². The lowest BCUT2D eigenvalue weighted by molar-refractivity contribution is 0.402. The maximum absolute atomic E-state index is 12.5. The van der Waals surface area contributed by atoms with Gasteiger partial charge < -0.3 is 10.6 Å². The van der Waals surface area contributed by atoms with E-state index in [4.69, 9.17) is 5.73 Å².